The molecule has 0 saturated heterocycles. The minimum atomic E-state index is -5.10. The van der Waals surface area contributed by atoms with Gasteiger partial charge in [0.2, 0.25) is 5.60 Å². The summed E-state index contributed by atoms with van der Waals surface area (Å²) >= 11 is 0. The van der Waals surface area contributed by atoms with Gasteiger partial charge in [-0.15, -0.1) is 0 Å². The Hall–Kier alpha value is -3.36. The van der Waals surface area contributed by atoms with E-state index in [0.29, 0.717) is 11.1 Å². The molecule has 0 spiro atoms. The molecule has 0 amide bonds. The van der Waals surface area contributed by atoms with E-state index in [1.54, 1.807) is 6.92 Å². The Morgan fingerprint density at radius 2 is 1.91 bits per heavy atom. The Morgan fingerprint density at radius 3 is 2.50 bits per heavy atom. The highest BCUT2D eigenvalue weighted by atomic mass is 32.2. The highest BCUT2D eigenvalue weighted by molar-refractivity contribution is 7.90. The van der Waals surface area contributed by atoms with Crippen LogP contribution in [0.2, 0.25) is 0 Å². The number of sulfone groups is 1. The molecule has 1 unspecified atom stereocenters. The lowest BCUT2D eigenvalue weighted by Gasteiger charge is -2.35. The van der Waals surface area contributed by atoms with Crippen molar-refractivity contribution in [2.45, 2.75) is 23.6 Å². The molecule has 0 aliphatic rings. The lowest BCUT2D eigenvalue weighted by atomic mass is 9.88. The first-order chi connectivity index (χ1) is 14.9. The number of imidazole rings is 1. The Bertz CT molecular complexity index is 1510. The Balaban J connectivity index is 2.21. The third-order valence-corrected chi connectivity index (χ3v) is 6.53. The van der Waals surface area contributed by atoms with Crippen LogP contribution in [0.3, 0.4) is 0 Å². The van der Waals surface area contributed by atoms with Gasteiger partial charge in [0, 0.05) is 36.0 Å². The number of rotatable bonds is 4. The molecule has 2 aromatic carbocycles. The van der Waals surface area contributed by atoms with E-state index in [1.165, 1.54) is 36.5 Å². The number of nitrogens with one attached hydrogen (secondary N) is 2. The molecule has 2 N–H and O–H groups in total. The van der Waals surface area contributed by atoms with Crippen molar-refractivity contribution in [3.63, 3.8) is 0 Å². The summed E-state index contributed by atoms with van der Waals surface area (Å²) in [5.74, 6) is -0.645. The molecule has 4 aromatic rings. The van der Waals surface area contributed by atoms with Gasteiger partial charge in [-0.3, -0.25) is 0 Å². The van der Waals surface area contributed by atoms with Crippen molar-refractivity contribution in [3.05, 3.63) is 59.0 Å². The number of aromatic nitrogens is 3. The summed E-state index contributed by atoms with van der Waals surface area (Å²) < 4.78 is 75.1. The number of hydrogen-bond acceptors (Lipinski definition) is 5. The SMILES string of the molecule is COC(c1nc2cc(C#N)ccc2[nH]1)(c1c(S(C)(=O)=O)cc(C)c2[nH]ccc12)C(F)(F)F. The van der Waals surface area contributed by atoms with Crippen LogP contribution in [-0.2, 0) is 20.2 Å². The van der Waals surface area contributed by atoms with Gasteiger partial charge in [0.05, 0.1) is 27.6 Å². The van der Waals surface area contributed by atoms with Gasteiger partial charge in [0.15, 0.2) is 15.7 Å². The van der Waals surface area contributed by atoms with E-state index < -0.39 is 37.9 Å². The van der Waals surface area contributed by atoms with Crippen LogP contribution in [-0.4, -0.2) is 42.9 Å². The third-order valence-electron chi connectivity index (χ3n) is 5.41. The fourth-order valence-corrected chi connectivity index (χ4v) is 5.00. The quantitative estimate of drug-likeness (QED) is 0.475. The summed E-state index contributed by atoms with van der Waals surface area (Å²) in [5, 5.41) is 9.15. The van der Waals surface area contributed by atoms with Gasteiger partial charge >= 0.3 is 6.18 Å². The first-order valence-electron chi connectivity index (χ1n) is 9.27. The normalized spacial score (nSPS) is 14.5. The van der Waals surface area contributed by atoms with E-state index in [0.717, 1.165) is 13.4 Å². The van der Waals surface area contributed by atoms with E-state index in [1.807, 2.05) is 6.07 Å². The van der Waals surface area contributed by atoms with Gasteiger partial charge in [-0.25, -0.2) is 13.4 Å². The number of H-pyrrole nitrogens is 2. The maximum Gasteiger partial charge on any atom is 0.429 e. The van der Waals surface area contributed by atoms with Crippen LogP contribution < -0.4 is 0 Å². The van der Waals surface area contributed by atoms with E-state index in [9.17, 15) is 21.6 Å². The van der Waals surface area contributed by atoms with Crippen LogP contribution in [0.25, 0.3) is 21.9 Å². The van der Waals surface area contributed by atoms with Gasteiger partial charge in [-0.05, 0) is 42.8 Å². The van der Waals surface area contributed by atoms with Crippen LogP contribution in [0.4, 0.5) is 13.2 Å². The Labute approximate surface area is 180 Å². The number of halogens is 3. The predicted octanol–water partition coefficient (Wildman–Crippen LogP) is 4.08. The number of benzene rings is 2. The summed E-state index contributed by atoms with van der Waals surface area (Å²) in [7, 11) is -3.25. The standard InChI is InChI=1S/C21H17F3N4O3S/c1-11-8-16(32(3,29)30)17(13-6-7-26-18(11)13)20(31-2,21(22,23)24)19-27-14-5-4-12(10-25)9-15(14)28-19/h4-9,26H,1-3H3,(H,27,28). The summed E-state index contributed by atoms with van der Waals surface area (Å²) in [6.07, 6.45) is -2.83. The van der Waals surface area contributed by atoms with Crippen LogP contribution in [0.5, 0.6) is 0 Å². The second-order valence-electron chi connectivity index (χ2n) is 7.42. The molecule has 11 heteroatoms. The van der Waals surface area contributed by atoms with Crippen LogP contribution in [0.15, 0.2) is 41.4 Å². The lowest BCUT2D eigenvalue weighted by molar-refractivity contribution is -0.261. The molecule has 0 aliphatic carbocycles. The molecule has 0 bridgehead atoms. The maximum absolute atomic E-state index is 14.9. The molecule has 2 heterocycles. The van der Waals surface area contributed by atoms with Gasteiger partial charge in [0.1, 0.15) is 0 Å². The predicted molar refractivity (Wildman–Crippen MR) is 111 cm³/mol. The van der Waals surface area contributed by atoms with Crippen molar-refractivity contribution < 1.29 is 26.3 Å². The summed E-state index contributed by atoms with van der Waals surface area (Å²) in [5.41, 5.74) is -2.44. The van der Waals surface area contributed by atoms with E-state index >= 15 is 0 Å². The van der Waals surface area contributed by atoms with Crippen LogP contribution >= 0.6 is 0 Å². The molecule has 0 fully saturated rings. The molecular formula is C21H17F3N4O3S. The molecule has 7 nitrogen and oxygen atoms in total. The van der Waals surface area contributed by atoms with E-state index in [2.05, 4.69) is 15.0 Å². The Kier molecular flexibility index (Phi) is 4.84. The first-order valence-corrected chi connectivity index (χ1v) is 11.2. The fraction of sp³-hybridized carbons (Fsp3) is 0.238. The first kappa shape index (κ1) is 21.9. The zero-order chi connectivity index (χ0) is 23.5. The number of nitrogens with zero attached hydrogens (tertiary/aromatic N) is 2. The number of nitriles is 1. The monoisotopic (exact) mass is 462 g/mol. The smallest absolute Gasteiger partial charge is 0.361 e. The van der Waals surface area contributed by atoms with Gasteiger partial charge in [-0.2, -0.15) is 18.4 Å². The van der Waals surface area contributed by atoms with Crippen molar-refractivity contribution in [1.82, 2.24) is 15.0 Å². The zero-order valence-electron chi connectivity index (χ0n) is 17.1. The second-order valence-corrected chi connectivity index (χ2v) is 9.40. The molecule has 1 atom stereocenters. The number of hydrogen-bond donors (Lipinski definition) is 2. The average molecular weight is 462 g/mol. The van der Waals surface area contributed by atoms with Crippen LogP contribution in [0, 0.1) is 18.3 Å². The lowest BCUT2D eigenvalue weighted by Crippen LogP contribution is -2.47. The van der Waals surface area contributed by atoms with Gasteiger partial charge < -0.3 is 14.7 Å². The highest BCUT2D eigenvalue weighted by Gasteiger charge is 2.62. The molecular weight excluding hydrogens is 445 g/mol. The number of methoxy groups -OCH3 is 1. The minimum Gasteiger partial charge on any atom is -0.361 e. The average Bonchev–Trinajstić information content (AvgIpc) is 3.35. The van der Waals surface area contributed by atoms with Crippen molar-refractivity contribution in [3.8, 4) is 6.07 Å². The van der Waals surface area contributed by atoms with Crippen molar-refractivity contribution in [2.75, 3.05) is 13.4 Å². The summed E-state index contributed by atoms with van der Waals surface area (Å²) in [4.78, 5) is 9.06. The fourth-order valence-electron chi connectivity index (χ4n) is 3.98. The third kappa shape index (κ3) is 3.06. The number of aryl methyl sites for hydroxylation is 1. The molecule has 32 heavy (non-hydrogen) atoms. The summed E-state index contributed by atoms with van der Waals surface area (Å²) in [6.45, 7) is 1.60. The highest BCUT2D eigenvalue weighted by Crippen LogP contribution is 2.50. The van der Waals surface area contributed by atoms with E-state index in [4.69, 9.17) is 10.00 Å². The number of ether oxygens (including phenoxy) is 1. The van der Waals surface area contributed by atoms with Crippen molar-refractivity contribution >= 4 is 31.8 Å². The maximum atomic E-state index is 14.9. The van der Waals surface area contributed by atoms with E-state index in [-0.39, 0.29) is 22.0 Å². The molecule has 0 aliphatic heterocycles. The minimum absolute atomic E-state index is 0.0442. The number of alkyl halides is 3. The second kappa shape index (κ2) is 7.08. The van der Waals surface area contributed by atoms with Crippen molar-refractivity contribution in [1.29, 1.82) is 5.26 Å². The number of fused-ring (bicyclic) bond motifs is 2. The van der Waals surface area contributed by atoms with Crippen LogP contribution in [0.1, 0.15) is 22.5 Å². The zero-order valence-corrected chi connectivity index (χ0v) is 17.9. The molecule has 2 aromatic heterocycles. The topological polar surface area (TPSA) is 112 Å². The number of aromatic amines is 2. The van der Waals surface area contributed by atoms with Gasteiger partial charge in [-0.1, -0.05) is 0 Å². The molecule has 0 saturated carbocycles. The van der Waals surface area contributed by atoms with Gasteiger partial charge in [0.25, 0.3) is 0 Å². The molecule has 0 radical (unpaired) electrons. The molecule has 4 rings (SSSR count). The van der Waals surface area contributed by atoms with Crippen molar-refractivity contribution in [2.24, 2.45) is 0 Å². The molecule has 166 valence electrons. The Morgan fingerprint density at radius 1 is 1.19 bits per heavy atom. The largest absolute Gasteiger partial charge is 0.429 e. The summed E-state index contributed by atoms with van der Waals surface area (Å²) in [6, 6.07) is 8.68.